The SMILES string of the molecule is C[Si]1(C)c2ccccc2-c2ccc(-n3c4ccccc4c4cc(-c5ccccc5-n5c6ccccc6c6c7c8ccccc8n(-c8ccccc8)c7ccc65)ccc43)cc21. The second kappa shape index (κ2) is 12.3. The van der Waals surface area contributed by atoms with Crippen molar-refractivity contribution in [2.24, 2.45) is 0 Å². The molecule has 0 bridgehead atoms. The van der Waals surface area contributed by atoms with Crippen molar-refractivity contribution in [2.75, 3.05) is 0 Å². The fraction of sp³-hybridized carbons (Fsp3) is 0.0357. The molecular weight excluding hydrogens is 743 g/mol. The largest absolute Gasteiger partial charge is 0.309 e. The molecule has 60 heavy (non-hydrogen) atoms. The van der Waals surface area contributed by atoms with Crippen LogP contribution in [0.5, 0.6) is 0 Å². The van der Waals surface area contributed by atoms with Crippen LogP contribution in [0.3, 0.4) is 0 Å². The van der Waals surface area contributed by atoms with Gasteiger partial charge < -0.3 is 13.7 Å². The molecule has 0 unspecified atom stereocenters. The van der Waals surface area contributed by atoms with Gasteiger partial charge in [-0.05, 0) is 99.9 Å². The summed E-state index contributed by atoms with van der Waals surface area (Å²) < 4.78 is 7.40. The van der Waals surface area contributed by atoms with Crippen LogP contribution in [-0.2, 0) is 0 Å². The summed E-state index contributed by atoms with van der Waals surface area (Å²) in [7, 11) is -1.85. The van der Waals surface area contributed by atoms with E-state index in [1.165, 1.54) is 115 Å². The van der Waals surface area contributed by atoms with Crippen molar-refractivity contribution in [2.45, 2.75) is 13.1 Å². The zero-order valence-corrected chi connectivity index (χ0v) is 34.4. The van der Waals surface area contributed by atoms with Gasteiger partial charge in [0.05, 0.1) is 38.8 Å². The fourth-order valence-electron chi connectivity index (χ4n) is 10.8. The molecule has 282 valence electrons. The van der Waals surface area contributed by atoms with E-state index in [2.05, 4.69) is 227 Å². The van der Waals surface area contributed by atoms with Gasteiger partial charge in [0, 0.05) is 49.3 Å². The number of para-hydroxylation sites is 5. The van der Waals surface area contributed by atoms with E-state index < -0.39 is 8.07 Å². The highest BCUT2D eigenvalue weighted by atomic mass is 28.3. The third kappa shape index (κ3) is 4.48. The first-order valence-electron chi connectivity index (χ1n) is 20.9. The summed E-state index contributed by atoms with van der Waals surface area (Å²) in [6.07, 6.45) is 0. The maximum atomic E-state index is 2.50. The van der Waals surface area contributed by atoms with Crippen LogP contribution in [0.2, 0.25) is 13.1 Å². The third-order valence-corrected chi connectivity index (χ3v) is 17.0. The molecule has 0 aliphatic carbocycles. The van der Waals surface area contributed by atoms with E-state index in [0.29, 0.717) is 0 Å². The monoisotopic (exact) mass is 781 g/mol. The van der Waals surface area contributed by atoms with Gasteiger partial charge in [-0.1, -0.05) is 140 Å². The molecule has 0 amide bonds. The molecule has 9 aromatic carbocycles. The van der Waals surface area contributed by atoms with Gasteiger partial charge in [-0.15, -0.1) is 0 Å². The summed E-state index contributed by atoms with van der Waals surface area (Å²) in [5.74, 6) is 0. The standard InChI is InChI=1S/C56H39N3Si/c1-60(2)53-27-15-10-20-41(53)42-30-29-38(35-54(42)60)58-47-24-12-7-19-40(47)45-34-36(28-31-50(45)58)39-18-6-11-23-46(39)59-49-26-14-9-22-44(49)56-52(59)33-32-51-55(56)43-21-8-13-25-48(43)57(51)37-16-4-3-5-17-37/h3-35H,1-2H3. The zero-order chi connectivity index (χ0) is 39.7. The maximum Gasteiger partial charge on any atom is 0.113 e. The second-order valence-electron chi connectivity index (χ2n) is 16.9. The first-order chi connectivity index (χ1) is 29.6. The molecule has 3 nitrogen and oxygen atoms in total. The highest BCUT2D eigenvalue weighted by molar-refractivity contribution is 7.03. The van der Waals surface area contributed by atoms with E-state index in [1.54, 1.807) is 0 Å². The van der Waals surface area contributed by atoms with E-state index in [4.69, 9.17) is 0 Å². The number of aromatic nitrogens is 3. The molecule has 1 aliphatic heterocycles. The third-order valence-electron chi connectivity index (χ3n) is 13.4. The van der Waals surface area contributed by atoms with E-state index in [1.807, 2.05) is 0 Å². The number of rotatable bonds is 4. The number of hydrogen-bond donors (Lipinski definition) is 0. The molecule has 0 N–H and O–H groups in total. The summed E-state index contributed by atoms with van der Waals surface area (Å²) in [6.45, 7) is 5.00. The van der Waals surface area contributed by atoms with Gasteiger partial charge in [0.15, 0.2) is 0 Å². The Morgan fingerprint density at radius 2 is 0.833 bits per heavy atom. The van der Waals surface area contributed by atoms with Gasteiger partial charge >= 0.3 is 0 Å². The molecule has 1 aliphatic rings. The number of nitrogens with zero attached hydrogens (tertiary/aromatic N) is 3. The molecule has 13 rings (SSSR count). The first kappa shape index (κ1) is 33.6. The average molecular weight is 782 g/mol. The molecular formula is C56H39N3Si. The van der Waals surface area contributed by atoms with Crippen molar-refractivity contribution < 1.29 is 0 Å². The zero-order valence-electron chi connectivity index (χ0n) is 33.4. The predicted molar refractivity (Wildman–Crippen MR) is 257 cm³/mol. The molecule has 0 spiro atoms. The van der Waals surface area contributed by atoms with Crippen LogP contribution >= 0.6 is 0 Å². The van der Waals surface area contributed by atoms with Crippen molar-refractivity contribution in [3.63, 3.8) is 0 Å². The van der Waals surface area contributed by atoms with Crippen LogP contribution < -0.4 is 10.4 Å². The van der Waals surface area contributed by atoms with Crippen LogP contribution in [-0.4, -0.2) is 21.8 Å². The van der Waals surface area contributed by atoms with Gasteiger partial charge in [0.1, 0.15) is 8.07 Å². The van der Waals surface area contributed by atoms with Crippen molar-refractivity contribution in [3.05, 3.63) is 200 Å². The topological polar surface area (TPSA) is 14.8 Å². The molecule has 3 aromatic heterocycles. The number of fused-ring (bicyclic) bond motifs is 13. The summed E-state index contributed by atoms with van der Waals surface area (Å²) in [5, 5.41) is 10.7. The minimum atomic E-state index is -1.85. The van der Waals surface area contributed by atoms with Crippen LogP contribution in [0.1, 0.15) is 0 Å². The predicted octanol–water partition coefficient (Wildman–Crippen LogP) is 13.4. The van der Waals surface area contributed by atoms with Crippen molar-refractivity contribution >= 4 is 83.9 Å². The molecule has 0 atom stereocenters. The Labute approximate surface area is 348 Å². The van der Waals surface area contributed by atoms with Crippen LogP contribution in [0.4, 0.5) is 0 Å². The Bertz CT molecular complexity index is 3750. The van der Waals surface area contributed by atoms with Crippen LogP contribution in [0.15, 0.2) is 200 Å². The highest BCUT2D eigenvalue weighted by Gasteiger charge is 2.37. The summed E-state index contributed by atoms with van der Waals surface area (Å²) in [5.41, 5.74) is 16.1. The van der Waals surface area contributed by atoms with Gasteiger partial charge in [-0.2, -0.15) is 0 Å². The fourth-order valence-corrected chi connectivity index (χ4v) is 13.9. The van der Waals surface area contributed by atoms with E-state index in [9.17, 15) is 0 Å². The molecule has 0 fully saturated rings. The lowest BCUT2D eigenvalue weighted by Gasteiger charge is -2.20. The second-order valence-corrected chi connectivity index (χ2v) is 21.2. The molecule has 0 saturated carbocycles. The lowest BCUT2D eigenvalue weighted by molar-refractivity contribution is 1.17. The van der Waals surface area contributed by atoms with Crippen molar-refractivity contribution in [1.29, 1.82) is 0 Å². The van der Waals surface area contributed by atoms with Crippen molar-refractivity contribution in [1.82, 2.24) is 13.7 Å². The molecule has 4 heteroatoms. The number of benzene rings is 9. The molecule has 0 radical (unpaired) electrons. The van der Waals surface area contributed by atoms with E-state index >= 15 is 0 Å². The Hall–Kier alpha value is -7.40. The lowest BCUT2D eigenvalue weighted by Crippen LogP contribution is -2.49. The van der Waals surface area contributed by atoms with Gasteiger partial charge in [0.25, 0.3) is 0 Å². The highest BCUT2D eigenvalue weighted by Crippen LogP contribution is 2.44. The molecule has 12 aromatic rings. The van der Waals surface area contributed by atoms with Crippen LogP contribution in [0.25, 0.3) is 105 Å². The Kier molecular flexibility index (Phi) is 6.88. The molecule has 4 heterocycles. The molecule has 0 saturated heterocycles. The van der Waals surface area contributed by atoms with Gasteiger partial charge in [0.2, 0.25) is 0 Å². The summed E-state index contributed by atoms with van der Waals surface area (Å²) in [6, 6.07) is 74.4. The summed E-state index contributed by atoms with van der Waals surface area (Å²) in [4.78, 5) is 0. The minimum absolute atomic E-state index is 1.17. The smallest absolute Gasteiger partial charge is 0.113 e. The Balaban J connectivity index is 1.03. The number of hydrogen-bond acceptors (Lipinski definition) is 0. The first-order valence-corrected chi connectivity index (χ1v) is 23.9. The quantitative estimate of drug-likeness (QED) is 0.158. The van der Waals surface area contributed by atoms with Crippen LogP contribution in [0, 0.1) is 0 Å². The summed E-state index contributed by atoms with van der Waals surface area (Å²) >= 11 is 0. The average Bonchev–Trinajstić information content (AvgIpc) is 4.00. The van der Waals surface area contributed by atoms with Gasteiger partial charge in [-0.25, -0.2) is 0 Å². The minimum Gasteiger partial charge on any atom is -0.309 e. The normalized spacial score (nSPS) is 13.3. The van der Waals surface area contributed by atoms with Gasteiger partial charge in [-0.3, -0.25) is 0 Å². The van der Waals surface area contributed by atoms with E-state index in [-0.39, 0.29) is 0 Å². The Morgan fingerprint density at radius 1 is 0.317 bits per heavy atom. The Morgan fingerprint density at radius 3 is 1.58 bits per heavy atom. The van der Waals surface area contributed by atoms with E-state index in [0.717, 1.165) is 0 Å². The maximum absolute atomic E-state index is 2.50. The van der Waals surface area contributed by atoms with Crippen molar-refractivity contribution in [3.8, 4) is 39.3 Å². The lowest BCUT2D eigenvalue weighted by atomic mass is 10.0.